The van der Waals surface area contributed by atoms with Crippen LogP contribution in [0.4, 0.5) is 11.4 Å². The maximum absolute atomic E-state index is 6.19. The fourth-order valence-electron chi connectivity index (χ4n) is 2.03. The highest BCUT2D eigenvalue weighted by atomic mass is 14.9. The van der Waals surface area contributed by atoms with E-state index in [1.54, 1.807) is 6.20 Å². The Balaban J connectivity index is 2.38. The maximum Gasteiger partial charge on any atom is 0.0630 e. The molecule has 3 nitrogen and oxygen atoms in total. The number of anilines is 2. The van der Waals surface area contributed by atoms with E-state index >= 15 is 0 Å². The topological polar surface area (TPSA) is 50.9 Å². The molecule has 0 saturated carbocycles. The minimum atomic E-state index is 0.483. The van der Waals surface area contributed by atoms with Crippen LogP contribution in [-0.4, -0.2) is 11.0 Å². The Morgan fingerprint density at radius 1 is 1.24 bits per heavy atom. The first-order valence-electron chi connectivity index (χ1n) is 6.15. The molecule has 2 rings (SSSR count). The third-order valence-electron chi connectivity index (χ3n) is 3.21. The summed E-state index contributed by atoms with van der Waals surface area (Å²) in [6, 6.07) is 6.54. The van der Waals surface area contributed by atoms with Crippen molar-refractivity contribution in [1.29, 1.82) is 0 Å². The van der Waals surface area contributed by atoms with Crippen LogP contribution >= 0.6 is 0 Å². The van der Waals surface area contributed by atoms with Crippen molar-refractivity contribution in [3.8, 4) is 0 Å². The van der Waals surface area contributed by atoms with Crippen molar-refractivity contribution in [3.05, 3.63) is 30.6 Å². The normalized spacial score (nSPS) is 11.0. The van der Waals surface area contributed by atoms with Gasteiger partial charge < -0.3 is 11.1 Å². The summed E-state index contributed by atoms with van der Waals surface area (Å²) in [7, 11) is 0. The van der Waals surface area contributed by atoms with Gasteiger partial charge in [-0.15, -0.1) is 0 Å². The Morgan fingerprint density at radius 3 is 2.71 bits per heavy atom. The summed E-state index contributed by atoms with van der Waals surface area (Å²) in [5.74, 6) is 0. The van der Waals surface area contributed by atoms with Gasteiger partial charge in [-0.1, -0.05) is 19.9 Å². The van der Waals surface area contributed by atoms with Gasteiger partial charge >= 0.3 is 0 Å². The van der Waals surface area contributed by atoms with Crippen LogP contribution in [0.5, 0.6) is 0 Å². The lowest BCUT2D eigenvalue weighted by Gasteiger charge is -2.18. The fraction of sp³-hybridized carbons (Fsp3) is 0.357. The molecule has 0 aliphatic carbocycles. The zero-order valence-corrected chi connectivity index (χ0v) is 10.4. The highest BCUT2D eigenvalue weighted by molar-refractivity contribution is 5.98. The Hall–Kier alpha value is -1.77. The van der Waals surface area contributed by atoms with Crippen molar-refractivity contribution in [2.24, 2.45) is 0 Å². The van der Waals surface area contributed by atoms with Gasteiger partial charge in [-0.25, -0.2) is 0 Å². The monoisotopic (exact) mass is 229 g/mol. The second-order valence-corrected chi connectivity index (χ2v) is 4.28. The largest absolute Gasteiger partial charge is 0.397 e. The second kappa shape index (κ2) is 5.04. The quantitative estimate of drug-likeness (QED) is 0.790. The summed E-state index contributed by atoms with van der Waals surface area (Å²) < 4.78 is 0. The zero-order valence-electron chi connectivity index (χ0n) is 10.4. The molecule has 0 spiro atoms. The van der Waals surface area contributed by atoms with Crippen LogP contribution in [0.1, 0.15) is 26.7 Å². The fourth-order valence-corrected chi connectivity index (χ4v) is 2.03. The van der Waals surface area contributed by atoms with Gasteiger partial charge in [-0.05, 0) is 25.0 Å². The molecule has 0 aliphatic heterocycles. The minimum absolute atomic E-state index is 0.483. The number of hydrogen-bond acceptors (Lipinski definition) is 3. The summed E-state index contributed by atoms with van der Waals surface area (Å²) in [6.07, 6.45) is 5.82. The first-order chi connectivity index (χ1) is 8.26. The van der Waals surface area contributed by atoms with E-state index in [2.05, 4.69) is 30.2 Å². The summed E-state index contributed by atoms with van der Waals surface area (Å²) >= 11 is 0. The molecule has 2 aromatic rings. The predicted molar refractivity (Wildman–Crippen MR) is 74.1 cm³/mol. The molecule has 0 aliphatic rings. The van der Waals surface area contributed by atoms with Gasteiger partial charge in [0, 0.05) is 29.2 Å². The molecule has 0 atom stereocenters. The molecule has 3 N–H and O–H groups in total. The third-order valence-corrected chi connectivity index (χ3v) is 3.21. The smallest absolute Gasteiger partial charge is 0.0630 e. The van der Waals surface area contributed by atoms with Crippen molar-refractivity contribution in [2.75, 3.05) is 11.1 Å². The first-order valence-corrected chi connectivity index (χ1v) is 6.15. The number of hydrogen-bond donors (Lipinski definition) is 2. The average molecular weight is 229 g/mol. The highest BCUT2D eigenvalue weighted by Gasteiger charge is 2.08. The minimum Gasteiger partial charge on any atom is -0.397 e. The van der Waals surface area contributed by atoms with E-state index < -0.39 is 0 Å². The molecule has 0 unspecified atom stereocenters. The van der Waals surface area contributed by atoms with Crippen LogP contribution in [0, 0.1) is 0 Å². The molecule has 1 heterocycles. The van der Waals surface area contributed by atoms with Gasteiger partial charge in [0.15, 0.2) is 0 Å². The standard InChI is InChI=1S/C14H19N3/c1-3-11(4-2)17-13-6-5-10-9-16-8-7-12(10)14(13)15/h5-9,11,17H,3-4,15H2,1-2H3. The van der Waals surface area contributed by atoms with E-state index in [-0.39, 0.29) is 0 Å². The Morgan fingerprint density at radius 2 is 2.00 bits per heavy atom. The van der Waals surface area contributed by atoms with E-state index in [9.17, 15) is 0 Å². The summed E-state index contributed by atoms with van der Waals surface area (Å²) in [4.78, 5) is 4.10. The van der Waals surface area contributed by atoms with E-state index in [1.807, 2.05) is 18.3 Å². The molecule has 3 heteroatoms. The molecule has 1 aromatic carbocycles. The van der Waals surface area contributed by atoms with Crippen molar-refractivity contribution in [1.82, 2.24) is 4.98 Å². The molecule has 0 saturated heterocycles. The number of nitrogen functional groups attached to an aromatic ring is 1. The second-order valence-electron chi connectivity index (χ2n) is 4.28. The van der Waals surface area contributed by atoms with E-state index in [1.165, 1.54) is 0 Å². The van der Waals surface area contributed by atoms with Gasteiger partial charge in [0.1, 0.15) is 0 Å². The maximum atomic E-state index is 6.19. The van der Waals surface area contributed by atoms with Crippen molar-refractivity contribution in [2.45, 2.75) is 32.7 Å². The summed E-state index contributed by atoms with van der Waals surface area (Å²) in [5, 5.41) is 5.64. The zero-order chi connectivity index (χ0) is 12.3. The van der Waals surface area contributed by atoms with Crippen LogP contribution in [0.3, 0.4) is 0 Å². The van der Waals surface area contributed by atoms with Gasteiger partial charge in [0.25, 0.3) is 0 Å². The number of rotatable bonds is 4. The molecular weight excluding hydrogens is 210 g/mol. The highest BCUT2D eigenvalue weighted by Crippen LogP contribution is 2.28. The van der Waals surface area contributed by atoms with Gasteiger partial charge in [0.05, 0.1) is 11.4 Å². The van der Waals surface area contributed by atoms with Crippen molar-refractivity contribution < 1.29 is 0 Å². The molecule has 90 valence electrons. The lowest BCUT2D eigenvalue weighted by Crippen LogP contribution is -2.17. The van der Waals surface area contributed by atoms with Gasteiger partial charge in [-0.2, -0.15) is 0 Å². The summed E-state index contributed by atoms with van der Waals surface area (Å²) in [6.45, 7) is 4.37. The summed E-state index contributed by atoms with van der Waals surface area (Å²) in [5.41, 5.74) is 8.03. The van der Waals surface area contributed by atoms with Crippen LogP contribution in [-0.2, 0) is 0 Å². The lowest BCUT2D eigenvalue weighted by atomic mass is 10.1. The number of aromatic nitrogens is 1. The number of pyridine rings is 1. The van der Waals surface area contributed by atoms with Crippen LogP contribution in [0.15, 0.2) is 30.6 Å². The van der Waals surface area contributed by atoms with Crippen LogP contribution in [0.25, 0.3) is 10.8 Å². The first kappa shape index (κ1) is 11.7. The van der Waals surface area contributed by atoms with E-state index in [0.29, 0.717) is 6.04 Å². The predicted octanol–water partition coefficient (Wildman–Crippen LogP) is 3.42. The Bertz CT molecular complexity index is 504. The molecule has 1 aromatic heterocycles. The van der Waals surface area contributed by atoms with Gasteiger partial charge in [0.2, 0.25) is 0 Å². The van der Waals surface area contributed by atoms with E-state index in [0.717, 1.165) is 35.0 Å². The van der Waals surface area contributed by atoms with Crippen molar-refractivity contribution in [3.63, 3.8) is 0 Å². The number of benzene rings is 1. The SMILES string of the molecule is CCC(CC)Nc1ccc2cnccc2c1N. The molecule has 0 bridgehead atoms. The number of nitrogens with two attached hydrogens (primary N) is 1. The number of nitrogens with one attached hydrogen (secondary N) is 1. The molecule has 17 heavy (non-hydrogen) atoms. The average Bonchev–Trinajstić information content (AvgIpc) is 2.38. The van der Waals surface area contributed by atoms with Crippen LogP contribution < -0.4 is 11.1 Å². The Kier molecular flexibility index (Phi) is 3.47. The Labute approximate surface area is 102 Å². The molecular formula is C14H19N3. The van der Waals surface area contributed by atoms with Gasteiger partial charge in [-0.3, -0.25) is 4.98 Å². The lowest BCUT2D eigenvalue weighted by molar-refractivity contribution is 0.672. The molecule has 0 amide bonds. The number of fused-ring (bicyclic) bond motifs is 1. The van der Waals surface area contributed by atoms with E-state index in [4.69, 9.17) is 5.73 Å². The molecule has 0 fully saturated rings. The number of nitrogens with zero attached hydrogens (tertiary/aromatic N) is 1. The molecule has 0 radical (unpaired) electrons. The van der Waals surface area contributed by atoms with Crippen LogP contribution in [0.2, 0.25) is 0 Å². The third kappa shape index (κ3) is 2.33. The van der Waals surface area contributed by atoms with Crippen molar-refractivity contribution >= 4 is 22.1 Å².